The molecule has 2 rings (SSSR count). The average molecular weight is 209 g/mol. The molecule has 2 fully saturated rings. The Morgan fingerprint density at radius 3 is 2.60 bits per heavy atom. The lowest BCUT2D eigenvalue weighted by Crippen LogP contribution is -2.34. The molecule has 4 atom stereocenters. The first-order valence-corrected chi connectivity index (χ1v) is 6.45. The Morgan fingerprint density at radius 1 is 1.20 bits per heavy atom. The van der Waals surface area contributed by atoms with Crippen LogP contribution >= 0.6 is 0 Å². The van der Waals surface area contributed by atoms with E-state index in [9.17, 15) is 4.79 Å². The number of hydrogen-bond donors (Lipinski definition) is 1. The van der Waals surface area contributed by atoms with Gasteiger partial charge < -0.3 is 5.32 Å². The van der Waals surface area contributed by atoms with E-state index >= 15 is 0 Å². The van der Waals surface area contributed by atoms with Gasteiger partial charge in [-0.2, -0.15) is 0 Å². The summed E-state index contributed by atoms with van der Waals surface area (Å²) in [6.07, 6.45) is 5.92. The summed E-state index contributed by atoms with van der Waals surface area (Å²) < 4.78 is 0. The van der Waals surface area contributed by atoms with Crippen molar-refractivity contribution in [3.8, 4) is 0 Å². The van der Waals surface area contributed by atoms with Crippen molar-refractivity contribution in [3.63, 3.8) is 0 Å². The summed E-state index contributed by atoms with van der Waals surface area (Å²) in [6, 6.07) is 0.412. The molecule has 1 saturated heterocycles. The second kappa shape index (κ2) is 4.65. The fourth-order valence-corrected chi connectivity index (χ4v) is 3.24. The molecule has 1 saturated carbocycles. The fraction of sp³-hybridized carbons (Fsp3) is 0.923. The SMILES string of the molecule is CC1CCCC(C(=O)C2CCNC2C)C1. The molecule has 15 heavy (non-hydrogen) atoms. The highest BCUT2D eigenvalue weighted by molar-refractivity contribution is 5.84. The second-order valence-corrected chi connectivity index (χ2v) is 5.51. The predicted molar refractivity (Wildman–Crippen MR) is 61.7 cm³/mol. The lowest BCUT2D eigenvalue weighted by atomic mass is 9.76. The molecular formula is C13H23NO. The van der Waals surface area contributed by atoms with Gasteiger partial charge in [0.1, 0.15) is 5.78 Å². The number of Topliss-reactive ketones (excluding diaryl/α,β-unsaturated/α-hetero) is 1. The van der Waals surface area contributed by atoms with Gasteiger partial charge in [-0.15, -0.1) is 0 Å². The molecule has 4 unspecified atom stereocenters. The van der Waals surface area contributed by atoms with Gasteiger partial charge in [0.05, 0.1) is 0 Å². The molecule has 0 spiro atoms. The Morgan fingerprint density at radius 2 is 2.00 bits per heavy atom. The molecule has 0 bridgehead atoms. The van der Waals surface area contributed by atoms with E-state index in [1.54, 1.807) is 0 Å². The number of carbonyl (C=O) groups is 1. The van der Waals surface area contributed by atoms with Crippen LogP contribution in [0.25, 0.3) is 0 Å². The van der Waals surface area contributed by atoms with Gasteiger partial charge in [0, 0.05) is 17.9 Å². The zero-order valence-electron chi connectivity index (χ0n) is 9.96. The quantitative estimate of drug-likeness (QED) is 0.756. The molecule has 0 radical (unpaired) electrons. The molecular weight excluding hydrogens is 186 g/mol. The van der Waals surface area contributed by atoms with Gasteiger partial charge in [-0.1, -0.05) is 19.8 Å². The van der Waals surface area contributed by atoms with Crippen LogP contribution in [-0.4, -0.2) is 18.4 Å². The van der Waals surface area contributed by atoms with Crippen molar-refractivity contribution >= 4 is 5.78 Å². The molecule has 0 amide bonds. The minimum atomic E-state index is 0.306. The summed E-state index contributed by atoms with van der Waals surface area (Å²) in [5.74, 6) is 2.00. The summed E-state index contributed by atoms with van der Waals surface area (Å²) in [7, 11) is 0. The van der Waals surface area contributed by atoms with Crippen LogP contribution in [0.5, 0.6) is 0 Å². The van der Waals surface area contributed by atoms with E-state index in [0.29, 0.717) is 23.7 Å². The van der Waals surface area contributed by atoms with Crippen LogP contribution in [0, 0.1) is 17.8 Å². The van der Waals surface area contributed by atoms with Crippen LogP contribution in [0.15, 0.2) is 0 Å². The topological polar surface area (TPSA) is 29.1 Å². The third-order valence-electron chi connectivity index (χ3n) is 4.23. The minimum Gasteiger partial charge on any atom is -0.314 e. The van der Waals surface area contributed by atoms with Crippen molar-refractivity contribution in [1.82, 2.24) is 5.32 Å². The van der Waals surface area contributed by atoms with Gasteiger partial charge >= 0.3 is 0 Å². The summed E-state index contributed by atoms with van der Waals surface area (Å²) >= 11 is 0. The van der Waals surface area contributed by atoms with Gasteiger partial charge in [-0.05, 0) is 38.6 Å². The molecule has 1 aliphatic heterocycles. The standard InChI is InChI=1S/C13H23NO/c1-9-4-3-5-11(8-9)13(15)12-6-7-14-10(12)2/h9-12,14H,3-8H2,1-2H3. The predicted octanol–water partition coefficient (Wildman–Crippen LogP) is 2.38. The van der Waals surface area contributed by atoms with Crippen molar-refractivity contribution in [1.29, 1.82) is 0 Å². The van der Waals surface area contributed by atoms with Gasteiger partial charge in [0.25, 0.3) is 0 Å². The van der Waals surface area contributed by atoms with Crippen LogP contribution in [0.3, 0.4) is 0 Å². The van der Waals surface area contributed by atoms with Crippen molar-refractivity contribution < 1.29 is 4.79 Å². The van der Waals surface area contributed by atoms with Crippen LogP contribution < -0.4 is 5.32 Å². The summed E-state index contributed by atoms with van der Waals surface area (Å²) in [4.78, 5) is 12.3. The van der Waals surface area contributed by atoms with Gasteiger partial charge in [-0.25, -0.2) is 0 Å². The lowest BCUT2D eigenvalue weighted by Gasteiger charge is -2.28. The molecule has 0 aromatic rings. The first kappa shape index (κ1) is 11.1. The van der Waals surface area contributed by atoms with Crippen LogP contribution in [0.1, 0.15) is 46.0 Å². The largest absolute Gasteiger partial charge is 0.314 e. The molecule has 1 N–H and O–H groups in total. The van der Waals surface area contributed by atoms with E-state index in [-0.39, 0.29) is 0 Å². The van der Waals surface area contributed by atoms with E-state index in [0.717, 1.165) is 31.7 Å². The van der Waals surface area contributed by atoms with Gasteiger partial charge in [0.15, 0.2) is 0 Å². The molecule has 2 heteroatoms. The number of hydrogen-bond acceptors (Lipinski definition) is 2. The maximum Gasteiger partial charge on any atom is 0.140 e. The first-order chi connectivity index (χ1) is 7.18. The Hall–Kier alpha value is -0.370. The number of carbonyl (C=O) groups excluding carboxylic acids is 1. The highest BCUT2D eigenvalue weighted by Gasteiger charge is 2.35. The monoisotopic (exact) mass is 209 g/mol. The van der Waals surface area contributed by atoms with Crippen LogP contribution in [0.2, 0.25) is 0 Å². The zero-order valence-corrected chi connectivity index (χ0v) is 9.96. The molecule has 2 aliphatic rings. The van der Waals surface area contributed by atoms with E-state index in [2.05, 4.69) is 19.2 Å². The average Bonchev–Trinajstić information content (AvgIpc) is 2.63. The van der Waals surface area contributed by atoms with E-state index in [4.69, 9.17) is 0 Å². The minimum absolute atomic E-state index is 0.306. The summed E-state index contributed by atoms with van der Waals surface area (Å²) in [6.45, 7) is 5.47. The normalized spacial score (nSPS) is 41.7. The van der Waals surface area contributed by atoms with E-state index in [1.165, 1.54) is 12.8 Å². The summed E-state index contributed by atoms with van der Waals surface area (Å²) in [5.41, 5.74) is 0. The maximum absolute atomic E-state index is 12.3. The molecule has 86 valence electrons. The van der Waals surface area contributed by atoms with E-state index in [1.807, 2.05) is 0 Å². The number of rotatable bonds is 2. The lowest BCUT2D eigenvalue weighted by molar-refractivity contribution is -0.128. The molecule has 0 aromatic carbocycles. The van der Waals surface area contributed by atoms with Gasteiger partial charge in [-0.3, -0.25) is 4.79 Å². The maximum atomic E-state index is 12.3. The van der Waals surface area contributed by atoms with Crippen molar-refractivity contribution in [2.45, 2.75) is 52.0 Å². The number of ketones is 1. The van der Waals surface area contributed by atoms with Crippen molar-refractivity contribution in [2.75, 3.05) is 6.54 Å². The third-order valence-corrected chi connectivity index (χ3v) is 4.23. The van der Waals surface area contributed by atoms with Crippen molar-refractivity contribution in [2.24, 2.45) is 17.8 Å². The molecule has 1 heterocycles. The molecule has 2 nitrogen and oxygen atoms in total. The second-order valence-electron chi connectivity index (χ2n) is 5.51. The highest BCUT2D eigenvalue weighted by atomic mass is 16.1. The smallest absolute Gasteiger partial charge is 0.140 e. The first-order valence-electron chi connectivity index (χ1n) is 6.45. The van der Waals surface area contributed by atoms with Crippen molar-refractivity contribution in [3.05, 3.63) is 0 Å². The Bertz CT molecular complexity index is 239. The van der Waals surface area contributed by atoms with Crippen LogP contribution in [0.4, 0.5) is 0 Å². The zero-order chi connectivity index (χ0) is 10.8. The Balaban J connectivity index is 1.94. The Kier molecular flexibility index (Phi) is 3.45. The molecule has 0 aromatic heterocycles. The van der Waals surface area contributed by atoms with Crippen LogP contribution in [-0.2, 0) is 4.79 Å². The molecule has 1 aliphatic carbocycles. The third kappa shape index (κ3) is 2.41. The Labute approximate surface area is 92.8 Å². The van der Waals surface area contributed by atoms with E-state index < -0.39 is 0 Å². The highest BCUT2D eigenvalue weighted by Crippen LogP contribution is 2.33. The summed E-state index contributed by atoms with van der Waals surface area (Å²) in [5, 5.41) is 3.38. The number of nitrogens with one attached hydrogen (secondary N) is 1. The van der Waals surface area contributed by atoms with Gasteiger partial charge in [0.2, 0.25) is 0 Å². The fourth-order valence-electron chi connectivity index (χ4n) is 3.24.